The van der Waals surface area contributed by atoms with Crippen LogP contribution >= 0.6 is 11.3 Å². The summed E-state index contributed by atoms with van der Waals surface area (Å²) in [6.07, 6.45) is -5.10. The van der Waals surface area contributed by atoms with Gasteiger partial charge in [0.1, 0.15) is 23.0 Å². The maximum Gasteiger partial charge on any atom is 0.311 e. The third kappa shape index (κ3) is 2.32. The van der Waals surface area contributed by atoms with Gasteiger partial charge < -0.3 is 25.8 Å². The molecule has 1 saturated heterocycles. The minimum Gasteiger partial charge on any atom is -0.394 e. The van der Waals surface area contributed by atoms with Crippen LogP contribution in [0.3, 0.4) is 0 Å². The number of anilines is 1. The second-order valence-electron chi connectivity index (χ2n) is 4.57. The average molecular weight is 332 g/mol. The first-order valence-electron chi connectivity index (χ1n) is 5.97. The molecule has 0 bridgehead atoms. The van der Waals surface area contributed by atoms with Crippen LogP contribution in [0, 0.1) is 0 Å². The second kappa shape index (κ2) is 5.78. The number of hydrogen-bond acceptors (Lipinski definition) is 9. The van der Waals surface area contributed by atoms with E-state index in [4.69, 9.17) is 15.6 Å². The number of thiazole rings is 1. The van der Waals surface area contributed by atoms with Crippen LogP contribution in [0.2, 0.25) is 0 Å². The molecule has 1 fully saturated rings. The molecule has 3 rings (SSSR count). The monoisotopic (exact) mass is 332 g/mol. The molecule has 1 aliphatic heterocycles. The van der Waals surface area contributed by atoms with E-state index >= 15 is 0 Å². The molecule has 2 aromatic rings. The highest BCUT2D eigenvalue weighted by molar-refractivity contribution is 7.16. The number of aromatic amines is 1. The fraction of sp³-hybridized carbons (Fsp3) is 0.545. The van der Waals surface area contributed by atoms with Crippen molar-refractivity contribution in [3.63, 3.8) is 0 Å². The molecule has 2 aromatic heterocycles. The smallest absolute Gasteiger partial charge is 0.311 e. The second-order valence-corrected chi connectivity index (χ2v) is 5.53. The van der Waals surface area contributed by atoms with Crippen LogP contribution in [-0.4, -0.2) is 54.8 Å². The Balaban J connectivity index is 0.00000176. The summed E-state index contributed by atoms with van der Waals surface area (Å²) in [5, 5.41) is 28.8. The van der Waals surface area contributed by atoms with Crippen LogP contribution < -0.4 is 16.2 Å². The zero-order valence-corrected chi connectivity index (χ0v) is 11.3. The van der Waals surface area contributed by atoms with Crippen LogP contribution in [-0.2, 0) is 4.74 Å². The lowest BCUT2D eigenvalue weighted by atomic mass is 10.1. The highest BCUT2D eigenvalue weighted by atomic mass is 32.1. The molecule has 122 valence electrons. The SMILES string of the molecule is C.Nc1nc2c(sc(=O)n2[C@@H]2O[C@H](CO)[C@@H](O)[C@H]2O)c(=O)[nH]1. The van der Waals surface area contributed by atoms with Crippen molar-refractivity contribution in [3.05, 3.63) is 20.0 Å². The number of rotatable bonds is 2. The third-order valence-corrected chi connectivity index (χ3v) is 4.21. The number of aromatic nitrogens is 3. The summed E-state index contributed by atoms with van der Waals surface area (Å²) in [5.41, 5.74) is 4.83. The van der Waals surface area contributed by atoms with Crippen molar-refractivity contribution in [1.29, 1.82) is 0 Å². The van der Waals surface area contributed by atoms with Crippen molar-refractivity contribution in [2.75, 3.05) is 12.3 Å². The molecular weight excluding hydrogens is 316 g/mol. The van der Waals surface area contributed by atoms with E-state index in [9.17, 15) is 19.8 Å². The number of nitrogen functional groups attached to an aromatic ring is 1. The maximum absolute atomic E-state index is 12.0. The fourth-order valence-electron chi connectivity index (χ4n) is 2.26. The van der Waals surface area contributed by atoms with Crippen LogP contribution in [0.25, 0.3) is 10.3 Å². The summed E-state index contributed by atoms with van der Waals surface area (Å²) in [5.74, 6) is -0.189. The molecule has 22 heavy (non-hydrogen) atoms. The lowest BCUT2D eigenvalue weighted by Gasteiger charge is -2.15. The highest BCUT2D eigenvalue weighted by Gasteiger charge is 2.44. The summed E-state index contributed by atoms with van der Waals surface area (Å²) in [6.45, 7) is -0.526. The number of aliphatic hydroxyl groups is 3. The van der Waals surface area contributed by atoms with Crippen LogP contribution in [0.4, 0.5) is 5.95 Å². The molecule has 4 atom stereocenters. The Morgan fingerprint density at radius 2 is 2.05 bits per heavy atom. The molecule has 10 nitrogen and oxygen atoms in total. The number of nitrogens with zero attached hydrogens (tertiary/aromatic N) is 2. The summed E-state index contributed by atoms with van der Waals surface area (Å²) < 4.78 is 6.26. The number of nitrogens with one attached hydrogen (secondary N) is 1. The Labute approximate surface area is 127 Å². The van der Waals surface area contributed by atoms with Crippen LogP contribution in [0.15, 0.2) is 9.59 Å². The van der Waals surface area contributed by atoms with E-state index in [1.54, 1.807) is 0 Å². The van der Waals surface area contributed by atoms with E-state index in [1.807, 2.05) is 0 Å². The van der Waals surface area contributed by atoms with Gasteiger partial charge in [-0.15, -0.1) is 0 Å². The summed E-state index contributed by atoms with van der Waals surface area (Å²) in [7, 11) is 0. The lowest BCUT2D eigenvalue weighted by molar-refractivity contribution is -0.0518. The van der Waals surface area contributed by atoms with E-state index in [0.29, 0.717) is 11.3 Å². The summed E-state index contributed by atoms with van der Waals surface area (Å²) in [6, 6.07) is 0. The van der Waals surface area contributed by atoms with Crippen molar-refractivity contribution >= 4 is 27.6 Å². The van der Waals surface area contributed by atoms with Crippen molar-refractivity contribution in [3.8, 4) is 0 Å². The Morgan fingerprint density at radius 1 is 1.36 bits per heavy atom. The quantitative estimate of drug-likeness (QED) is 0.420. The number of aliphatic hydroxyl groups excluding tert-OH is 3. The molecule has 0 aromatic carbocycles. The van der Waals surface area contributed by atoms with E-state index in [0.717, 1.165) is 4.57 Å². The standard InChI is InChI=1S/C10H12N4O6S.CH4/c11-9-12-6-5(7(18)13-9)21-10(19)14(6)8-4(17)3(16)2(1-15)20-8;/h2-4,8,15-17H,1H2,(H3,11,12,13,18);1H4/t2-,3-,4-,8-;/m1./s1. The van der Waals surface area contributed by atoms with Crippen LogP contribution in [0.1, 0.15) is 13.7 Å². The van der Waals surface area contributed by atoms with Crippen molar-refractivity contribution < 1.29 is 20.1 Å². The van der Waals surface area contributed by atoms with Crippen LogP contribution in [0.5, 0.6) is 0 Å². The Hall–Kier alpha value is -1.79. The van der Waals surface area contributed by atoms with Gasteiger partial charge in [0.25, 0.3) is 5.56 Å². The molecule has 11 heteroatoms. The fourth-order valence-corrected chi connectivity index (χ4v) is 3.11. The summed E-state index contributed by atoms with van der Waals surface area (Å²) in [4.78, 5) is 29.3. The lowest BCUT2D eigenvalue weighted by Crippen LogP contribution is -2.34. The van der Waals surface area contributed by atoms with E-state index in [2.05, 4.69) is 9.97 Å². The van der Waals surface area contributed by atoms with Gasteiger partial charge in [0, 0.05) is 0 Å². The minimum absolute atomic E-state index is 0. The Bertz CT molecular complexity index is 798. The van der Waals surface area contributed by atoms with Gasteiger partial charge in [0.2, 0.25) is 5.95 Å². The zero-order chi connectivity index (χ0) is 15.3. The number of H-pyrrole nitrogens is 1. The highest BCUT2D eigenvalue weighted by Crippen LogP contribution is 2.30. The zero-order valence-electron chi connectivity index (χ0n) is 10.5. The predicted octanol–water partition coefficient (Wildman–Crippen LogP) is -2.02. The van der Waals surface area contributed by atoms with Gasteiger partial charge in [-0.2, -0.15) is 4.98 Å². The van der Waals surface area contributed by atoms with Gasteiger partial charge in [-0.05, 0) is 0 Å². The van der Waals surface area contributed by atoms with E-state index in [1.165, 1.54) is 0 Å². The third-order valence-electron chi connectivity index (χ3n) is 3.26. The Kier molecular flexibility index (Phi) is 4.35. The van der Waals surface area contributed by atoms with E-state index in [-0.39, 0.29) is 23.7 Å². The van der Waals surface area contributed by atoms with E-state index < -0.39 is 41.6 Å². The first-order chi connectivity index (χ1) is 9.93. The molecule has 0 saturated carbocycles. The molecule has 0 unspecified atom stereocenters. The first-order valence-corrected chi connectivity index (χ1v) is 6.79. The number of fused-ring (bicyclic) bond motifs is 1. The predicted molar refractivity (Wildman–Crippen MR) is 78.7 cm³/mol. The number of hydrogen-bond donors (Lipinski definition) is 5. The molecule has 0 amide bonds. The van der Waals surface area contributed by atoms with Crippen molar-refractivity contribution in [1.82, 2.24) is 14.5 Å². The normalized spacial score (nSPS) is 28.0. The summed E-state index contributed by atoms with van der Waals surface area (Å²) >= 11 is 0.623. The van der Waals surface area contributed by atoms with Gasteiger partial charge in [0.05, 0.1) is 6.61 Å². The largest absolute Gasteiger partial charge is 0.394 e. The molecule has 0 spiro atoms. The Morgan fingerprint density at radius 3 is 2.64 bits per heavy atom. The molecule has 3 heterocycles. The van der Waals surface area contributed by atoms with Gasteiger partial charge in [-0.25, -0.2) is 0 Å². The molecular formula is C11H16N4O6S. The molecule has 0 radical (unpaired) electrons. The van der Waals surface area contributed by atoms with Gasteiger partial charge >= 0.3 is 4.87 Å². The molecule has 1 aliphatic rings. The van der Waals surface area contributed by atoms with Crippen molar-refractivity contribution in [2.24, 2.45) is 0 Å². The molecule has 0 aliphatic carbocycles. The average Bonchev–Trinajstić information content (AvgIpc) is 2.89. The number of ether oxygens (including phenoxy) is 1. The van der Waals surface area contributed by atoms with Gasteiger partial charge in [-0.3, -0.25) is 19.1 Å². The van der Waals surface area contributed by atoms with Gasteiger partial charge in [0.15, 0.2) is 11.9 Å². The number of nitrogens with two attached hydrogens (primary N) is 1. The molecule has 6 N–H and O–H groups in total. The topological polar surface area (TPSA) is 164 Å². The minimum atomic E-state index is -1.44. The maximum atomic E-state index is 12.0. The first kappa shape index (κ1) is 16.6. The van der Waals surface area contributed by atoms with Gasteiger partial charge in [-0.1, -0.05) is 18.8 Å². The van der Waals surface area contributed by atoms with Crippen molar-refractivity contribution in [2.45, 2.75) is 32.0 Å².